The highest BCUT2D eigenvalue weighted by molar-refractivity contribution is 6.08. The highest BCUT2D eigenvalue weighted by Gasteiger charge is 2.36. The Morgan fingerprint density at radius 1 is 1.44 bits per heavy atom. The van der Waals surface area contributed by atoms with Crippen molar-refractivity contribution in [2.45, 2.75) is 38.2 Å². The second-order valence-corrected chi connectivity index (χ2v) is 6.70. The van der Waals surface area contributed by atoms with Crippen LogP contribution < -0.4 is 10.5 Å². The third kappa shape index (κ3) is 4.32. The van der Waals surface area contributed by atoms with Crippen LogP contribution in [0.3, 0.4) is 0 Å². The smallest absolute Gasteiger partial charge is 0.343 e. The van der Waals surface area contributed by atoms with Gasteiger partial charge in [0.05, 0.1) is 13.4 Å². The summed E-state index contributed by atoms with van der Waals surface area (Å²) in [6, 6.07) is 3.16. The largest absolute Gasteiger partial charge is 0.507 e. The summed E-state index contributed by atoms with van der Waals surface area (Å²) in [5, 5.41) is 19.5. The Hall–Kier alpha value is -2.06. The molecule has 0 aliphatic carbocycles. The zero-order valence-electron chi connectivity index (χ0n) is 14.5. The van der Waals surface area contributed by atoms with Crippen LogP contribution >= 0.6 is 0 Å². The molecular formula is C17H23BN2O5. The molecule has 1 aromatic carbocycles. The number of likely N-dealkylation sites (tertiary alicyclic amines) is 1. The normalized spacial score (nSPS) is 17.6. The minimum atomic E-state index is -1.26. The fraction of sp³-hybridized carbons (Fsp3) is 0.529. The van der Waals surface area contributed by atoms with Gasteiger partial charge in [-0.3, -0.25) is 9.69 Å². The number of carbonyl (C=O) groups excluding carboxylic acids is 1. The van der Waals surface area contributed by atoms with Crippen LogP contribution in [-0.4, -0.2) is 66.0 Å². The van der Waals surface area contributed by atoms with Gasteiger partial charge in [0, 0.05) is 19.6 Å². The molecule has 0 saturated carbocycles. The maximum atomic E-state index is 11.5. The van der Waals surface area contributed by atoms with Crippen molar-refractivity contribution < 1.29 is 24.5 Å². The van der Waals surface area contributed by atoms with Gasteiger partial charge in [-0.15, -0.1) is 0 Å². The van der Waals surface area contributed by atoms with E-state index in [4.69, 9.17) is 18.3 Å². The first-order valence-electron chi connectivity index (χ1n) is 8.13. The van der Waals surface area contributed by atoms with E-state index in [1.807, 2.05) is 4.90 Å². The molecule has 1 saturated heterocycles. The van der Waals surface area contributed by atoms with E-state index in [1.54, 1.807) is 19.1 Å². The first-order chi connectivity index (χ1) is 11.7. The number of carboxylic acid groups (broad SMARTS) is 1. The molecule has 1 aromatic rings. The van der Waals surface area contributed by atoms with E-state index in [9.17, 15) is 19.8 Å². The highest BCUT2D eigenvalue weighted by atomic mass is 16.5. The molecule has 25 heavy (non-hydrogen) atoms. The number of phenols is 1. The van der Waals surface area contributed by atoms with Crippen molar-refractivity contribution in [3.05, 3.63) is 23.3 Å². The van der Waals surface area contributed by atoms with Crippen LogP contribution in [0.1, 0.15) is 29.8 Å². The lowest BCUT2D eigenvalue weighted by atomic mass is 9.95. The van der Waals surface area contributed by atoms with Crippen molar-refractivity contribution in [3.63, 3.8) is 0 Å². The molecule has 0 bridgehead atoms. The molecule has 2 radical (unpaired) electrons. The SMILES string of the molecule is [B]CCc1ccc(OC2CN(C[C@@](C)(N)C(C)=O)C2)c(C(=O)O)c1O. The topological polar surface area (TPSA) is 113 Å². The first kappa shape index (κ1) is 19.3. The number of ketones is 1. The van der Waals surface area contributed by atoms with Crippen molar-refractivity contribution in [2.75, 3.05) is 19.6 Å². The standard InChI is InChI=1S/C17H23BN2O5/c1-10(21)17(2,19)9-20-7-12(8-20)25-13-4-3-11(5-6-18)15(22)14(13)16(23)24/h3-4,12,22H,5-9,19H2,1-2H3,(H,23,24)/t17-/m1/s1. The number of hydrogen-bond acceptors (Lipinski definition) is 6. The molecule has 134 valence electrons. The minimum Gasteiger partial charge on any atom is -0.507 e. The van der Waals surface area contributed by atoms with E-state index in [2.05, 4.69) is 0 Å². The van der Waals surface area contributed by atoms with E-state index in [0.717, 1.165) is 0 Å². The number of nitrogens with two attached hydrogens (primary N) is 1. The quantitative estimate of drug-likeness (QED) is 0.591. The van der Waals surface area contributed by atoms with E-state index < -0.39 is 11.5 Å². The van der Waals surface area contributed by atoms with Gasteiger partial charge in [0.1, 0.15) is 23.2 Å². The van der Waals surface area contributed by atoms with Gasteiger partial charge < -0.3 is 20.7 Å². The van der Waals surface area contributed by atoms with Gasteiger partial charge >= 0.3 is 5.97 Å². The third-order valence-corrected chi connectivity index (χ3v) is 4.42. The lowest BCUT2D eigenvalue weighted by Crippen LogP contribution is -2.61. The minimum absolute atomic E-state index is 0.0922. The van der Waals surface area contributed by atoms with Crippen LogP contribution in [0.15, 0.2) is 12.1 Å². The zero-order valence-corrected chi connectivity index (χ0v) is 14.5. The van der Waals surface area contributed by atoms with Crippen LogP contribution in [0.25, 0.3) is 0 Å². The highest BCUT2D eigenvalue weighted by Crippen LogP contribution is 2.33. The number of aromatic hydroxyl groups is 1. The summed E-state index contributed by atoms with van der Waals surface area (Å²) < 4.78 is 5.72. The maximum absolute atomic E-state index is 11.5. The molecule has 1 aliphatic heterocycles. The van der Waals surface area contributed by atoms with Gasteiger partial charge in [0.25, 0.3) is 0 Å². The van der Waals surface area contributed by atoms with E-state index >= 15 is 0 Å². The van der Waals surface area contributed by atoms with E-state index in [-0.39, 0.29) is 28.9 Å². The Kier molecular flexibility index (Phi) is 5.74. The molecule has 0 aromatic heterocycles. The van der Waals surface area contributed by atoms with Crippen LogP contribution in [0.4, 0.5) is 0 Å². The Labute approximate surface area is 148 Å². The molecular weight excluding hydrogens is 323 g/mol. The number of nitrogens with zero attached hydrogens (tertiary/aromatic N) is 1. The zero-order chi connectivity index (χ0) is 18.8. The van der Waals surface area contributed by atoms with E-state index in [1.165, 1.54) is 6.92 Å². The average molecular weight is 346 g/mol. The fourth-order valence-corrected chi connectivity index (χ4v) is 2.76. The number of aryl methyl sites for hydroxylation is 1. The van der Waals surface area contributed by atoms with Crippen LogP contribution in [0, 0.1) is 0 Å². The summed E-state index contributed by atoms with van der Waals surface area (Å²) in [4.78, 5) is 24.9. The molecule has 4 N–H and O–H groups in total. The Morgan fingerprint density at radius 3 is 2.60 bits per heavy atom. The van der Waals surface area contributed by atoms with E-state index in [0.29, 0.717) is 37.9 Å². The number of rotatable bonds is 8. The lowest BCUT2D eigenvalue weighted by molar-refractivity contribution is -0.123. The molecule has 1 fully saturated rings. The van der Waals surface area contributed by atoms with Gasteiger partial charge in [-0.1, -0.05) is 12.4 Å². The van der Waals surface area contributed by atoms with Crippen LogP contribution in [0.5, 0.6) is 11.5 Å². The monoisotopic (exact) mass is 346 g/mol. The van der Waals surface area contributed by atoms with Crippen LogP contribution in [0.2, 0.25) is 6.32 Å². The Bertz CT molecular complexity index is 671. The molecule has 1 atom stereocenters. The number of benzene rings is 1. The summed E-state index contributed by atoms with van der Waals surface area (Å²) in [6.45, 7) is 4.61. The molecule has 8 heteroatoms. The number of carboxylic acids is 1. The number of ether oxygens (including phenoxy) is 1. The summed E-state index contributed by atoms with van der Waals surface area (Å²) in [7, 11) is 5.46. The van der Waals surface area contributed by atoms with Crippen LogP contribution in [-0.2, 0) is 11.2 Å². The molecule has 0 spiro atoms. The first-order valence-corrected chi connectivity index (χ1v) is 8.13. The number of carbonyl (C=O) groups is 2. The molecule has 1 heterocycles. The van der Waals surface area contributed by atoms with Gasteiger partial charge in [-0.05, 0) is 31.9 Å². The van der Waals surface area contributed by atoms with Crippen molar-refractivity contribution in [2.24, 2.45) is 5.73 Å². The molecule has 0 amide bonds. The summed E-state index contributed by atoms with van der Waals surface area (Å²) >= 11 is 0. The third-order valence-electron chi connectivity index (χ3n) is 4.42. The number of aromatic carboxylic acids is 1. The number of Topliss-reactive ketones (excluding diaryl/α,β-unsaturated/α-hetero) is 1. The van der Waals surface area contributed by atoms with Gasteiger partial charge in [0.15, 0.2) is 5.78 Å². The van der Waals surface area contributed by atoms with Crippen molar-refractivity contribution in [3.8, 4) is 11.5 Å². The number of hydrogen-bond donors (Lipinski definition) is 3. The average Bonchev–Trinajstić information content (AvgIpc) is 2.47. The predicted octanol–water partition coefficient (Wildman–Crippen LogP) is 0.589. The van der Waals surface area contributed by atoms with Crippen molar-refractivity contribution in [1.29, 1.82) is 0 Å². The van der Waals surface area contributed by atoms with Gasteiger partial charge in [-0.2, -0.15) is 0 Å². The molecule has 0 unspecified atom stereocenters. The summed E-state index contributed by atoms with van der Waals surface area (Å²) in [5.74, 6) is -1.53. The van der Waals surface area contributed by atoms with Crippen molar-refractivity contribution >= 4 is 19.6 Å². The molecule has 1 aliphatic rings. The van der Waals surface area contributed by atoms with Gasteiger partial charge in [-0.25, -0.2) is 4.79 Å². The fourth-order valence-electron chi connectivity index (χ4n) is 2.76. The maximum Gasteiger partial charge on any atom is 0.343 e. The molecule has 7 nitrogen and oxygen atoms in total. The van der Waals surface area contributed by atoms with Gasteiger partial charge in [0.2, 0.25) is 0 Å². The predicted molar refractivity (Wildman–Crippen MR) is 93.5 cm³/mol. The lowest BCUT2D eigenvalue weighted by Gasteiger charge is -2.42. The Balaban J connectivity index is 2.04. The Morgan fingerprint density at radius 2 is 2.08 bits per heavy atom. The second-order valence-electron chi connectivity index (χ2n) is 6.70. The molecule has 2 rings (SSSR count). The van der Waals surface area contributed by atoms with Crippen molar-refractivity contribution in [1.82, 2.24) is 4.90 Å². The summed E-state index contributed by atoms with van der Waals surface area (Å²) in [6.07, 6.45) is 0.461. The summed E-state index contributed by atoms with van der Waals surface area (Å²) in [5.41, 5.74) is 5.25. The second kappa shape index (κ2) is 7.45.